The van der Waals surface area contributed by atoms with Crippen molar-refractivity contribution in [1.82, 2.24) is 20.0 Å². The molecule has 2 saturated heterocycles. The maximum atomic E-state index is 14.3. The van der Waals surface area contributed by atoms with E-state index in [0.717, 1.165) is 16.0 Å². The third kappa shape index (κ3) is 5.21. The fourth-order valence-corrected chi connectivity index (χ4v) is 5.34. The maximum Gasteiger partial charge on any atom is 0.327 e. The molecule has 10 heteroatoms. The average Bonchev–Trinajstić information content (AvgIpc) is 3.09. The van der Waals surface area contributed by atoms with Crippen molar-refractivity contribution < 1.29 is 23.6 Å². The number of urea groups is 1. The van der Waals surface area contributed by atoms with E-state index >= 15 is 0 Å². The zero-order chi connectivity index (χ0) is 28.5. The number of nitrogens with zero attached hydrogens (tertiary/aromatic N) is 4. The number of nitrogens with one attached hydrogen (secondary N) is 1. The van der Waals surface area contributed by atoms with Crippen molar-refractivity contribution in [2.24, 2.45) is 5.92 Å². The highest BCUT2D eigenvalue weighted by molar-refractivity contribution is 6.07. The lowest BCUT2D eigenvalue weighted by molar-refractivity contribution is -0.142. The van der Waals surface area contributed by atoms with Gasteiger partial charge in [0.25, 0.3) is 11.8 Å². The number of hydrogen-bond donors (Lipinski definition) is 1. The number of nitriles is 1. The molecule has 2 heterocycles. The van der Waals surface area contributed by atoms with E-state index in [-0.39, 0.29) is 55.8 Å². The van der Waals surface area contributed by atoms with Crippen LogP contribution in [0.3, 0.4) is 0 Å². The zero-order valence-corrected chi connectivity index (χ0v) is 22.5. The van der Waals surface area contributed by atoms with Gasteiger partial charge in [0.15, 0.2) is 0 Å². The molecule has 2 aliphatic rings. The molecule has 39 heavy (non-hydrogen) atoms. The van der Waals surface area contributed by atoms with Gasteiger partial charge < -0.3 is 15.1 Å². The van der Waals surface area contributed by atoms with E-state index in [1.54, 1.807) is 56.0 Å². The normalized spacial score (nSPS) is 17.5. The van der Waals surface area contributed by atoms with Crippen LogP contribution < -0.4 is 5.32 Å². The van der Waals surface area contributed by atoms with E-state index in [2.05, 4.69) is 11.4 Å². The van der Waals surface area contributed by atoms with E-state index in [0.29, 0.717) is 5.56 Å². The Labute approximate surface area is 227 Å². The van der Waals surface area contributed by atoms with Crippen molar-refractivity contribution in [2.45, 2.75) is 51.7 Å². The number of hydrogen-bond acceptors (Lipinski definition) is 5. The second-order valence-electron chi connectivity index (χ2n) is 10.6. The summed E-state index contributed by atoms with van der Waals surface area (Å²) < 4.78 is 14.3. The van der Waals surface area contributed by atoms with Gasteiger partial charge in [-0.2, -0.15) is 5.26 Å². The number of carbonyl (C=O) groups excluding carboxylic acids is 4. The Hall–Kier alpha value is -4.26. The molecule has 0 saturated carbocycles. The standard InChI is InChI=1S/C29H32FN5O4/c1-18(2)24(32-25(36)22-14-19(3)8-9-23(22)30)26(37)34-12-10-29(11-13-34)27(38)33(4)28(39)35(29)17-21-7-5-6-20(15-21)16-31/h5-9,14-15,18,24H,10-13,17H2,1-4H3,(H,32,36)/t24-/m1/s1. The molecular formula is C29H32FN5O4. The molecule has 0 aromatic heterocycles. The molecule has 0 radical (unpaired) electrons. The summed E-state index contributed by atoms with van der Waals surface area (Å²) >= 11 is 0. The summed E-state index contributed by atoms with van der Waals surface area (Å²) in [4.78, 5) is 57.0. The summed E-state index contributed by atoms with van der Waals surface area (Å²) in [6.45, 7) is 5.92. The second-order valence-corrected chi connectivity index (χ2v) is 10.6. The summed E-state index contributed by atoms with van der Waals surface area (Å²) in [5, 5.41) is 11.9. The first-order chi connectivity index (χ1) is 18.5. The molecule has 9 nitrogen and oxygen atoms in total. The Morgan fingerprint density at radius 1 is 1.13 bits per heavy atom. The van der Waals surface area contributed by atoms with Gasteiger partial charge in [0.2, 0.25) is 5.91 Å². The van der Waals surface area contributed by atoms with Crippen LogP contribution in [0, 0.1) is 30.0 Å². The largest absolute Gasteiger partial charge is 0.341 e. The minimum Gasteiger partial charge on any atom is -0.341 e. The number of imide groups is 1. The fourth-order valence-electron chi connectivity index (χ4n) is 5.34. The molecule has 1 N–H and O–H groups in total. The Kier molecular flexibility index (Phi) is 7.72. The monoisotopic (exact) mass is 533 g/mol. The summed E-state index contributed by atoms with van der Waals surface area (Å²) in [6.07, 6.45) is 0.466. The summed E-state index contributed by atoms with van der Waals surface area (Å²) in [5.74, 6) is -2.24. The van der Waals surface area contributed by atoms with Crippen LogP contribution in [0.4, 0.5) is 9.18 Å². The van der Waals surface area contributed by atoms with Crippen molar-refractivity contribution in [3.63, 3.8) is 0 Å². The third-order valence-corrected chi connectivity index (χ3v) is 7.62. The number of likely N-dealkylation sites (N-methyl/N-ethyl adjacent to an activating group) is 1. The lowest BCUT2D eigenvalue weighted by atomic mass is 9.85. The Morgan fingerprint density at radius 2 is 1.82 bits per heavy atom. The van der Waals surface area contributed by atoms with Crippen LogP contribution >= 0.6 is 0 Å². The van der Waals surface area contributed by atoms with Gasteiger partial charge in [0, 0.05) is 26.7 Å². The molecule has 2 aliphatic heterocycles. The molecule has 2 aromatic carbocycles. The highest BCUT2D eigenvalue weighted by Crippen LogP contribution is 2.38. The average molecular weight is 534 g/mol. The quantitative estimate of drug-likeness (QED) is 0.573. The Morgan fingerprint density at radius 3 is 2.46 bits per heavy atom. The lowest BCUT2D eigenvalue weighted by Crippen LogP contribution is -2.60. The zero-order valence-electron chi connectivity index (χ0n) is 22.5. The first kappa shape index (κ1) is 27.8. The van der Waals surface area contributed by atoms with E-state index < -0.39 is 29.3 Å². The molecule has 0 unspecified atom stereocenters. The van der Waals surface area contributed by atoms with E-state index in [9.17, 15) is 28.8 Å². The summed E-state index contributed by atoms with van der Waals surface area (Å²) in [7, 11) is 1.45. The number of amides is 5. The van der Waals surface area contributed by atoms with Gasteiger partial charge >= 0.3 is 6.03 Å². The van der Waals surface area contributed by atoms with Gasteiger partial charge in [-0.15, -0.1) is 0 Å². The number of carbonyl (C=O) groups is 4. The number of halogens is 1. The van der Waals surface area contributed by atoms with Gasteiger partial charge in [-0.05, 0) is 55.5 Å². The van der Waals surface area contributed by atoms with Crippen molar-refractivity contribution >= 4 is 23.8 Å². The molecular weight excluding hydrogens is 501 g/mol. The first-order valence-electron chi connectivity index (χ1n) is 12.9. The van der Waals surface area contributed by atoms with Gasteiger partial charge in [0.1, 0.15) is 17.4 Å². The van der Waals surface area contributed by atoms with Gasteiger partial charge in [-0.3, -0.25) is 19.3 Å². The highest BCUT2D eigenvalue weighted by Gasteiger charge is 2.57. The molecule has 0 bridgehead atoms. The number of likely N-dealkylation sites (tertiary alicyclic amines) is 1. The first-order valence-corrected chi connectivity index (χ1v) is 12.9. The number of piperidine rings is 1. The molecule has 2 fully saturated rings. The second kappa shape index (κ2) is 10.8. The molecule has 1 spiro atoms. The molecule has 1 atom stereocenters. The van der Waals surface area contributed by atoms with Crippen LogP contribution in [0.25, 0.3) is 0 Å². The molecule has 2 aromatic rings. The summed E-state index contributed by atoms with van der Waals surface area (Å²) in [5.41, 5.74) is 0.683. The van der Waals surface area contributed by atoms with Crippen molar-refractivity contribution in [2.75, 3.05) is 20.1 Å². The smallest absolute Gasteiger partial charge is 0.327 e. The molecule has 4 rings (SSSR count). The number of benzene rings is 2. The number of aryl methyl sites for hydroxylation is 1. The van der Waals surface area contributed by atoms with Crippen LogP contribution in [0.5, 0.6) is 0 Å². The minimum absolute atomic E-state index is 0.125. The van der Waals surface area contributed by atoms with Crippen LogP contribution in [0.2, 0.25) is 0 Å². The van der Waals surface area contributed by atoms with E-state index in [1.807, 2.05) is 0 Å². The van der Waals surface area contributed by atoms with E-state index in [4.69, 9.17) is 0 Å². The lowest BCUT2D eigenvalue weighted by Gasteiger charge is -2.43. The van der Waals surface area contributed by atoms with Crippen LogP contribution in [0.1, 0.15) is 53.7 Å². The van der Waals surface area contributed by atoms with Crippen molar-refractivity contribution in [1.29, 1.82) is 5.26 Å². The SMILES string of the molecule is Cc1ccc(F)c(C(=O)N[C@@H](C(=O)N2CCC3(CC2)C(=O)N(C)C(=O)N3Cc2cccc(C#N)c2)C(C)C)c1. The van der Waals surface area contributed by atoms with Crippen molar-refractivity contribution in [3.05, 3.63) is 70.5 Å². The highest BCUT2D eigenvalue weighted by atomic mass is 19.1. The topological polar surface area (TPSA) is 114 Å². The predicted octanol–water partition coefficient (Wildman–Crippen LogP) is 3.22. The maximum absolute atomic E-state index is 14.3. The third-order valence-electron chi connectivity index (χ3n) is 7.62. The Balaban J connectivity index is 1.50. The predicted molar refractivity (Wildman–Crippen MR) is 141 cm³/mol. The van der Waals surface area contributed by atoms with Crippen molar-refractivity contribution in [3.8, 4) is 6.07 Å². The molecule has 204 valence electrons. The van der Waals surface area contributed by atoms with E-state index in [1.165, 1.54) is 24.1 Å². The van der Waals surface area contributed by atoms with Crippen LogP contribution in [-0.4, -0.2) is 70.2 Å². The summed E-state index contributed by atoms with van der Waals surface area (Å²) in [6, 6.07) is 11.9. The Bertz CT molecular complexity index is 1360. The molecule has 5 amide bonds. The van der Waals surface area contributed by atoms with Gasteiger partial charge in [-0.25, -0.2) is 9.18 Å². The van der Waals surface area contributed by atoms with Crippen LogP contribution in [-0.2, 0) is 16.1 Å². The minimum atomic E-state index is -1.10. The van der Waals surface area contributed by atoms with Crippen LogP contribution in [0.15, 0.2) is 42.5 Å². The molecule has 0 aliphatic carbocycles. The van der Waals surface area contributed by atoms with Gasteiger partial charge in [0.05, 0.1) is 17.2 Å². The van der Waals surface area contributed by atoms with Gasteiger partial charge in [-0.1, -0.05) is 37.6 Å². The number of rotatable bonds is 6. The fraction of sp³-hybridized carbons (Fsp3) is 0.414.